The second-order valence-electron chi connectivity index (χ2n) is 6.48. The Kier molecular flexibility index (Phi) is 8.86. The van der Waals surface area contributed by atoms with E-state index in [9.17, 15) is 9.59 Å². The number of hydrogen-bond donors (Lipinski definition) is 0. The van der Waals surface area contributed by atoms with Crippen LogP contribution >= 0.6 is 11.8 Å². The number of amides is 1. The molecule has 7 heteroatoms. The lowest BCUT2D eigenvalue weighted by atomic mass is 10.1. The Hall–Kier alpha value is -2.67. The molecule has 1 amide bonds. The van der Waals surface area contributed by atoms with E-state index in [0.717, 1.165) is 11.1 Å². The molecule has 0 bridgehead atoms. The van der Waals surface area contributed by atoms with Gasteiger partial charge in [0.1, 0.15) is 11.5 Å². The van der Waals surface area contributed by atoms with Gasteiger partial charge in [0.25, 0.3) is 5.91 Å². The molecule has 6 nitrogen and oxygen atoms in total. The molecule has 2 aromatic carbocycles. The van der Waals surface area contributed by atoms with Gasteiger partial charge >= 0.3 is 5.97 Å². The van der Waals surface area contributed by atoms with Crippen LogP contribution in [0.25, 0.3) is 0 Å². The molecule has 0 aliphatic carbocycles. The molecule has 0 aliphatic rings. The molecule has 0 N–H and O–H groups in total. The second kappa shape index (κ2) is 11.4. The van der Waals surface area contributed by atoms with Crippen LogP contribution in [0.1, 0.15) is 17.5 Å². The van der Waals surface area contributed by atoms with Crippen molar-refractivity contribution in [2.75, 3.05) is 34.1 Å². The second-order valence-corrected chi connectivity index (χ2v) is 7.36. The molecule has 2 aromatic rings. The van der Waals surface area contributed by atoms with E-state index in [0.29, 0.717) is 24.5 Å². The van der Waals surface area contributed by atoms with Gasteiger partial charge in [0.05, 0.1) is 14.2 Å². The number of carbonyl (C=O) groups is 2. The number of nitrogens with zero attached hydrogens (tertiary/aromatic N) is 1. The highest BCUT2D eigenvalue weighted by molar-refractivity contribution is 7.98. The maximum atomic E-state index is 12.2. The number of rotatable bonds is 10. The lowest BCUT2D eigenvalue weighted by Crippen LogP contribution is -2.30. The minimum Gasteiger partial charge on any atom is -0.497 e. The van der Waals surface area contributed by atoms with Gasteiger partial charge in [0.2, 0.25) is 0 Å². The van der Waals surface area contributed by atoms with E-state index in [1.807, 2.05) is 42.7 Å². The molecule has 0 aliphatic heterocycles. The van der Waals surface area contributed by atoms with E-state index >= 15 is 0 Å². The molecule has 0 saturated heterocycles. The Balaban J connectivity index is 1.78. The van der Waals surface area contributed by atoms with Crippen molar-refractivity contribution in [1.29, 1.82) is 0 Å². The van der Waals surface area contributed by atoms with E-state index in [-0.39, 0.29) is 18.9 Å². The number of carbonyl (C=O) groups excluding carboxylic acids is 2. The fourth-order valence-electron chi connectivity index (χ4n) is 2.67. The van der Waals surface area contributed by atoms with Crippen LogP contribution < -0.4 is 9.47 Å². The highest BCUT2D eigenvalue weighted by Crippen LogP contribution is 2.23. The van der Waals surface area contributed by atoms with Gasteiger partial charge in [-0.05, 0) is 48.1 Å². The molecule has 0 spiro atoms. The largest absolute Gasteiger partial charge is 0.497 e. The predicted octanol–water partition coefficient (Wildman–Crippen LogP) is 3.56. The summed E-state index contributed by atoms with van der Waals surface area (Å²) in [5, 5.41) is 0. The van der Waals surface area contributed by atoms with Crippen LogP contribution in [0.3, 0.4) is 0 Å². The maximum Gasteiger partial charge on any atom is 0.306 e. The Bertz CT molecular complexity index is 800. The summed E-state index contributed by atoms with van der Waals surface area (Å²) >= 11 is 1.67. The van der Waals surface area contributed by atoms with Gasteiger partial charge in [-0.15, -0.1) is 11.8 Å². The minimum atomic E-state index is -0.419. The van der Waals surface area contributed by atoms with Gasteiger partial charge in [0, 0.05) is 31.0 Å². The fourth-order valence-corrected chi connectivity index (χ4v) is 3.08. The van der Waals surface area contributed by atoms with Crippen molar-refractivity contribution < 1.29 is 23.8 Å². The maximum absolute atomic E-state index is 12.2. The lowest BCUT2D eigenvalue weighted by Gasteiger charge is -2.17. The smallest absolute Gasteiger partial charge is 0.306 e. The van der Waals surface area contributed by atoms with Gasteiger partial charge in [-0.3, -0.25) is 9.59 Å². The summed E-state index contributed by atoms with van der Waals surface area (Å²) in [6, 6.07) is 13.5. The summed E-state index contributed by atoms with van der Waals surface area (Å²) in [6.07, 6.45) is 2.66. The molecule has 0 unspecified atom stereocenters. The first-order chi connectivity index (χ1) is 13.9. The monoisotopic (exact) mass is 417 g/mol. The molecule has 0 radical (unpaired) electrons. The molecule has 0 fully saturated rings. The molecule has 156 valence electrons. The van der Waals surface area contributed by atoms with Crippen LogP contribution in [-0.2, 0) is 27.3 Å². The van der Waals surface area contributed by atoms with Crippen LogP contribution in [0, 0.1) is 0 Å². The highest BCUT2D eigenvalue weighted by Gasteiger charge is 2.13. The first-order valence-electron chi connectivity index (χ1n) is 9.19. The van der Waals surface area contributed by atoms with Crippen molar-refractivity contribution in [1.82, 2.24) is 4.90 Å². The fraction of sp³-hybridized carbons (Fsp3) is 0.364. The first-order valence-corrected chi connectivity index (χ1v) is 10.4. The van der Waals surface area contributed by atoms with Gasteiger partial charge in [0.15, 0.2) is 6.61 Å². The molecule has 0 heterocycles. The van der Waals surface area contributed by atoms with E-state index in [1.54, 1.807) is 44.0 Å². The zero-order valence-corrected chi connectivity index (χ0v) is 18.1. The number of hydrogen-bond acceptors (Lipinski definition) is 6. The van der Waals surface area contributed by atoms with E-state index < -0.39 is 5.97 Å². The van der Waals surface area contributed by atoms with Crippen LogP contribution in [0.2, 0.25) is 0 Å². The molecule has 0 aromatic heterocycles. The van der Waals surface area contributed by atoms with E-state index in [4.69, 9.17) is 14.2 Å². The van der Waals surface area contributed by atoms with Crippen molar-refractivity contribution in [3.8, 4) is 11.5 Å². The summed E-state index contributed by atoms with van der Waals surface area (Å²) in [5.41, 5.74) is 1.92. The Morgan fingerprint density at radius 3 is 2.14 bits per heavy atom. The van der Waals surface area contributed by atoms with Crippen LogP contribution in [0.4, 0.5) is 0 Å². The lowest BCUT2D eigenvalue weighted by molar-refractivity contribution is -0.151. The Labute approximate surface area is 176 Å². The van der Waals surface area contributed by atoms with Crippen molar-refractivity contribution >= 4 is 23.6 Å². The normalized spacial score (nSPS) is 10.3. The number of benzene rings is 2. The number of esters is 1. The van der Waals surface area contributed by atoms with Gasteiger partial charge < -0.3 is 19.1 Å². The van der Waals surface area contributed by atoms with Crippen LogP contribution in [-0.4, -0.2) is 50.9 Å². The SMILES string of the molecule is COc1cc(CCC(=O)OCC(=O)N(C)Cc2ccc(SC)cc2)cc(OC)c1. The van der Waals surface area contributed by atoms with Crippen molar-refractivity contribution in [3.05, 3.63) is 53.6 Å². The molecular formula is C22H27NO5S. The number of aryl methyl sites for hydroxylation is 1. The summed E-state index contributed by atoms with van der Waals surface area (Å²) in [7, 11) is 4.85. The molecule has 2 rings (SSSR count). The quantitative estimate of drug-likeness (QED) is 0.435. The molecule has 29 heavy (non-hydrogen) atoms. The molecule has 0 saturated carbocycles. The van der Waals surface area contributed by atoms with Crippen molar-refractivity contribution in [2.45, 2.75) is 24.3 Å². The van der Waals surface area contributed by atoms with Gasteiger partial charge in [-0.2, -0.15) is 0 Å². The molecular weight excluding hydrogens is 390 g/mol. The number of ether oxygens (including phenoxy) is 3. The topological polar surface area (TPSA) is 65.1 Å². The Morgan fingerprint density at radius 1 is 0.966 bits per heavy atom. The highest BCUT2D eigenvalue weighted by atomic mass is 32.2. The predicted molar refractivity (Wildman–Crippen MR) is 114 cm³/mol. The third kappa shape index (κ3) is 7.34. The third-order valence-corrected chi connectivity index (χ3v) is 5.13. The van der Waals surface area contributed by atoms with Crippen molar-refractivity contribution in [2.24, 2.45) is 0 Å². The summed E-state index contributed by atoms with van der Waals surface area (Å²) in [5.74, 6) is 0.665. The average Bonchev–Trinajstić information content (AvgIpc) is 2.76. The van der Waals surface area contributed by atoms with Gasteiger partial charge in [-0.1, -0.05) is 12.1 Å². The number of methoxy groups -OCH3 is 2. The van der Waals surface area contributed by atoms with Crippen LogP contribution in [0.5, 0.6) is 11.5 Å². The summed E-state index contributed by atoms with van der Waals surface area (Å²) in [6.45, 7) is 0.203. The number of likely N-dealkylation sites (N-methyl/N-ethyl adjacent to an activating group) is 1. The first kappa shape index (κ1) is 22.6. The summed E-state index contributed by atoms with van der Waals surface area (Å²) in [4.78, 5) is 27.0. The molecule has 0 atom stereocenters. The van der Waals surface area contributed by atoms with Crippen molar-refractivity contribution in [3.63, 3.8) is 0 Å². The van der Waals surface area contributed by atoms with Crippen LogP contribution in [0.15, 0.2) is 47.4 Å². The van der Waals surface area contributed by atoms with E-state index in [2.05, 4.69) is 0 Å². The van der Waals surface area contributed by atoms with E-state index in [1.165, 1.54) is 4.90 Å². The number of thioether (sulfide) groups is 1. The zero-order chi connectivity index (χ0) is 21.2. The summed E-state index contributed by atoms with van der Waals surface area (Å²) < 4.78 is 15.6. The van der Waals surface area contributed by atoms with Gasteiger partial charge in [-0.25, -0.2) is 0 Å². The minimum absolute atomic E-state index is 0.170. The standard InChI is InChI=1S/C22H27NO5S/c1-23(14-16-5-8-20(29-4)9-6-16)21(24)15-28-22(25)10-7-17-11-18(26-2)13-19(12-17)27-3/h5-6,8-9,11-13H,7,10,14-15H2,1-4H3. The average molecular weight is 418 g/mol. The zero-order valence-electron chi connectivity index (χ0n) is 17.3. The third-order valence-electron chi connectivity index (χ3n) is 4.39. The Morgan fingerprint density at radius 2 is 1.59 bits per heavy atom.